The average Bonchev–Trinajstić information content (AvgIpc) is 3.06. The summed E-state index contributed by atoms with van der Waals surface area (Å²) in [6, 6.07) is 7.88. The summed E-state index contributed by atoms with van der Waals surface area (Å²) in [5, 5.41) is 7.98. The van der Waals surface area contributed by atoms with Gasteiger partial charge < -0.3 is 14.1 Å². The second kappa shape index (κ2) is 7.47. The summed E-state index contributed by atoms with van der Waals surface area (Å²) in [6.45, 7) is 3.31. The maximum atomic E-state index is 12.4. The van der Waals surface area contributed by atoms with E-state index in [9.17, 15) is 4.79 Å². The summed E-state index contributed by atoms with van der Waals surface area (Å²) in [5.41, 5.74) is 1.15. The van der Waals surface area contributed by atoms with Crippen molar-refractivity contribution in [3.05, 3.63) is 41.6 Å². The third-order valence-electron chi connectivity index (χ3n) is 4.53. The number of likely N-dealkylation sites (tertiary alicyclic amines) is 1. The van der Waals surface area contributed by atoms with Crippen LogP contribution in [0.25, 0.3) is 0 Å². The molecule has 1 saturated heterocycles. The van der Waals surface area contributed by atoms with Gasteiger partial charge in [-0.25, -0.2) is 0 Å². The second-order valence-corrected chi connectivity index (χ2v) is 6.16. The van der Waals surface area contributed by atoms with Crippen LogP contribution < -0.4 is 4.74 Å². The molecular weight excluding hydrogens is 306 g/mol. The van der Waals surface area contributed by atoms with Gasteiger partial charge >= 0.3 is 0 Å². The zero-order valence-corrected chi connectivity index (χ0v) is 14.2. The zero-order chi connectivity index (χ0) is 16.9. The molecule has 6 nitrogen and oxygen atoms in total. The SMILES string of the molecule is COc1ccc(CCC(=O)N2CCC(c3nnc(C)o3)CC2)cc1. The van der Waals surface area contributed by atoms with E-state index in [-0.39, 0.29) is 11.8 Å². The van der Waals surface area contributed by atoms with Gasteiger partial charge in [-0.2, -0.15) is 0 Å². The van der Waals surface area contributed by atoms with Crippen molar-refractivity contribution in [2.24, 2.45) is 0 Å². The number of aromatic nitrogens is 2. The molecule has 1 aromatic heterocycles. The van der Waals surface area contributed by atoms with Crippen LogP contribution in [0.4, 0.5) is 0 Å². The van der Waals surface area contributed by atoms with Crippen LogP contribution in [0.3, 0.4) is 0 Å². The van der Waals surface area contributed by atoms with E-state index in [1.807, 2.05) is 29.2 Å². The molecule has 3 rings (SSSR count). The first-order valence-corrected chi connectivity index (χ1v) is 8.36. The molecule has 0 N–H and O–H groups in total. The number of hydrogen-bond acceptors (Lipinski definition) is 5. The van der Waals surface area contributed by atoms with Gasteiger partial charge in [0.1, 0.15) is 5.75 Å². The van der Waals surface area contributed by atoms with E-state index in [1.54, 1.807) is 14.0 Å². The Kier molecular flexibility index (Phi) is 5.13. The lowest BCUT2D eigenvalue weighted by Crippen LogP contribution is -2.38. The van der Waals surface area contributed by atoms with Gasteiger partial charge in [0.05, 0.1) is 7.11 Å². The number of hydrogen-bond donors (Lipinski definition) is 0. The van der Waals surface area contributed by atoms with Crippen molar-refractivity contribution in [1.82, 2.24) is 15.1 Å². The number of carbonyl (C=O) groups is 1. The lowest BCUT2D eigenvalue weighted by atomic mass is 9.96. The van der Waals surface area contributed by atoms with Crippen molar-refractivity contribution < 1.29 is 13.9 Å². The number of nitrogens with zero attached hydrogens (tertiary/aromatic N) is 3. The Morgan fingerprint density at radius 3 is 2.54 bits per heavy atom. The molecule has 0 atom stereocenters. The number of benzene rings is 1. The quantitative estimate of drug-likeness (QED) is 0.843. The largest absolute Gasteiger partial charge is 0.497 e. The lowest BCUT2D eigenvalue weighted by Gasteiger charge is -2.30. The summed E-state index contributed by atoms with van der Waals surface area (Å²) >= 11 is 0. The fraction of sp³-hybridized carbons (Fsp3) is 0.500. The monoisotopic (exact) mass is 329 g/mol. The minimum atomic E-state index is 0.214. The molecule has 1 aromatic carbocycles. The van der Waals surface area contributed by atoms with Crippen LogP contribution in [-0.2, 0) is 11.2 Å². The van der Waals surface area contributed by atoms with Crippen molar-refractivity contribution in [2.75, 3.05) is 20.2 Å². The van der Waals surface area contributed by atoms with Crippen LogP contribution in [0, 0.1) is 6.92 Å². The summed E-state index contributed by atoms with van der Waals surface area (Å²) < 4.78 is 10.7. The van der Waals surface area contributed by atoms with E-state index in [2.05, 4.69) is 10.2 Å². The van der Waals surface area contributed by atoms with E-state index >= 15 is 0 Å². The number of aryl methyl sites for hydroxylation is 2. The molecule has 0 aliphatic carbocycles. The lowest BCUT2D eigenvalue weighted by molar-refractivity contribution is -0.132. The third kappa shape index (κ3) is 3.93. The Morgan fingerprint density at radius 1 is 1.25 bits per heavy atom. The van der Waals surface area contributed by atoms with Gasteiger partial charge in [0.25, 0.3) is 0 Å². The summed E-state index contributed by atoms with van der Waals surface area (Å²) in [7, 11) is 1.65. The fourth-order valence-electron chi connectivity index (χ4n) is 3.05. The zero-order valence-electron chi connectivity index (χ0n) is 14.2. The van der Waals surface area contributed by atoms with E-state index in [1.165, 1.54) is 0 Å². The predicted molar refractivity (Wildman–Crippen MR) is 88.9 cm³/mol. The predicted octanol–water partition coefficient (Wildman–Crippen LogP) is 2.73. The highest BCUT2D eigenvalue weighted by Crippen LogP contribution is 2.27. The highest BCUT2D eigenvalue weighted by atomic mass is 16.5. The molecule has 0 bridgehead atoms. The molecule has 0 saturated carbocycles. The second-order valence-electron chi connectivity index (χ2n) is 6.16. The van der Waals surface area contributed by atoms with Gasteiger partial charge in [-0.3, -0.25) is 4.79 Å². The Morgan fingerprint density at radius 2 is 1.96 bits per heavy atom. The standard InChI is InChI=1S/C18H23N3O3/c1-13-19-20-18(24-13)15-9-11-21(12-10-15)17(22)8-5-14-3-6-16(23-2)7-4-14/h3-4,6-7,15H,5,8-12H2,1-2H3. The molecular formula is C18H23N3O3. The maximum absolute atomic E-state index is 12.4. The van der Waals surface area contributed by atoms with Gasteiger partial charge in [-0.1, -0.05) is 12.1 Å². The molecule has 1 amide bonds. The molecule has 0 radical (unpaired) electrons. The number of rotatable bonds is 5. The van der Waals surface area contributed by atoms with Gasteiger partial charge in [-0.15, -0.1) is 10.2 Å². The van der Waals surface area contributed by atoms with Crippen molar-refractivity contribution in [3.63, 3.8) is 0 Å². The van der Waals surface area contributed by atoms with Crippen LogP contribution in [0.15, 0.2) is 28.7 Å². The van der Waals surface area contributed by atoms with Gasteiger partial charge in [0, 0.05) is 32.4 Å². The summed E-state index contributed by atoms with van der Waals surface area (Å²) in [4.78, 5) is 14.3. The molecule has 6 heteroatoms. The molecule has 1 aliphatic heterocycles. The smallest absolute Gasteiger partial charge is 0.222 e. The number of ether oxygens (including phenoxy) is 1. The van der Waals surface area contributed by atoms with E-state index < -0.39 is 0 Å². The highest BCUT2D eigenvalue weighted by molar-refractivity contribution is 5.76. The molecule has 2 heterocycles. The molecule has 24 heavy (non-hydrogen) atoms. The molecule has 0 spiro atoms. The van der Waals surface area contributed by atoms with Crippen LogP contribution >= 0.6 is 0 Å². The molecule has 0 unspecified atom stereocenters. The normalized spacial score (nSPS) is 15.5. The third-order valence-corrected chi connectivity index (χ3v) is 4.53. The number of methoxy groups -OCH3 is 1. The Labute approximate surface area is 141 Å². The first-order valence-electron chi connectivity index (χ1n) is 8.36. The highest BCUT2D eigenvalue weighted by Gasteiger charge is 2.26. The summed E-state index contributed by atoms with van der Waals surface area (Å²) in [5.74, 6) is 2.63. The molecule has 128 valence electrons. The van der Waals surface area contributed by atoms with Crippen LogP contribution in [0.5, 0.6) is 5.75 Å². The summed E-state index contributed by atoms with van der Waals surface area (Å²) in [6.07, 6.45) is 3.06. The number of carbonyl (C=O) groups excluding carboxylic acids is 1. The van der Waals surface area contributed by atoms with E-state index in [0.717, 1.165) is 43.7 Å². The molecule has 2 aromatic rings. The minimum Gasteiger partial charge on any atom is -0.497 e. The maximum Gasteiger partial charge on any atom is 0.222 e. The topological polar surface area (TPSA) is 68.5 Å². The minimum absolute atomic E-state index is 0.214. The van der Waals surface area contributed by atoms with Crippen molar-refractivity contribution in [3.8, 4) is 5.75 Å². The fourth-order valence-corrected chi connectivity index (χ4v) is 3.05. The van der Waals surface area contributed by atoms with Gasteiger partial charge in [0.2, 0.25) is 17.7 Å². The molecule has 1 fully saturated rings. The Bertz CT molecular complexity index is 673. The Hall–Kier alpha value is -2.37. The van der Waals surface area contributed by atoms with E-state index in [4.69, 9.17) is 9.15 Å². The van der Waals surface area contributed by atoms with Crippen molar-refractivity contribution >= 4 is 5.91 Å². The van der Waals surface area contributed by atoms with Gasteiger partial charge in [0.15, 0.2) is 0 Å². The first-order chi connectivity index (χ1) is 11.7. The first kappa shape index (κ1) is 16.5. The van der Waals surface area contributed by atoms with Crippen molar-refractivity contribution in [1.29, 1.82) is 0 Å². The van der Waals surface area contributed by atoms with E-state index in [0.29, 0.717) is 18.2 Å². The van der Waals surface area contributed by atoms with Gasteiger partial charge in [-0.05, 0) is 37.0 Å². The number of amides is 1. The molecule has 1 aliphatic rings. The van der Waals surface area contributed by atoms with Crippen molar-refractivity contribution in [2.45, 2.75) is 38.5 Å². The van der Waals surface area contributed by atoms with Crippen LogP contribution in [0.1, 0.15) is 42.5 Å². The number of piperidine rings is 1. The Balaban J connectivity index is 1.46. The van der Waals surface area contributed by atoms with Crippen LogP contribution in [0.2, 0.25) is 0 Å². The average molecular weight is 329 g/mol. The van der Waals surface area contributed by atoms with Crippen LogP contribution in [-0.4, -0.2) is 41.2 Å².